The van der Waals surface area contributed by atoms with E-state index in [1.165, 1.54) is 12.1 Å². The van der Waals surface area contributed by atoms with Crippen LogP contribution >= 0.6 is 11.6 Å². The fourth-order valence-corrected chi connectivity index (χ4v) is 1.50. The predicted molar refractivity (Wildman–Crippen MR) is 58.9 cm³/mol. The van der Waals surface area contributed by atoms with E-state index in [-0.39, 0.29) is 23.7 Å². The standard InChI is InChI=1S/C10H12ClNO5/c11-7-2-1-5(8(12-7)10(16)17)9(15)6(14)3-4-13/h1-2,6,9,13-15H,3-4H2,(H,16,17). The second-order valence-electron chi connectivity index (χ2n) is 3.40. The van der Waals surface area contributed by atoms with Gasteiger partial charge in [0.05, 0.1) is 6.10 Å². The van der Waals surface area contributed by atoms with Crippen molar-refractivity contribution in [2.24, 2.45) is 0 Å². The topological polar surface area (TPSA) is 111 Å². The highest BCUT2D eigenvalue weighted by atomic mass is 35.5. The first-order valence-electron chi connectivity index (χ1n) is 4.84. The molecule has 0 radical (unpaired) electrons. The molecule has 4 N–H and O–H groups in total. The molecule has 0 bridgehead atoms. The molecule has 1 aromatic heterocycles. The molecule has 0 saturated heterocycles. The van der Waals surface area contributed by atoms with Crippen molar-refractivity contribution in [1.29, 1.82) is 0 Å². The molecule has 0 aliphatic rings. The Hall–Kier alpha value is -1.21. The Morgan fingerprint density at radius 2 is 2.06 bits per heavy atom. The molecule has 0 aromatic carbocycles. The normalized spacial score (nSPS) is 14.4. The van der Waals surface area contributed by atoms with E-state index in [9.17, 15) is 15.0 Å². The lowest BCUT2D eigenvalue weighted by Gasteiger charge is -2.18. The fraction of sp³-hybridized carbons (Fsp3) is 0.400. The van der Waals surface area contributed by atoms with Gasteiger partial charge in [0.25, 0.3) is 0 Å². The minimum Gasteiger partial charge on any atom is -0.476 e. The summed E-state index contributed by atoms with van der Waals surface area (Å²) in [5, 5.41) is 36.7. The highest BCUT2D eigenvalue weighted by molar-refractivity contribution is 6.29. The fourth-order valence-electron chi connectivity index (χ4n) is 1.35. The summed E-state index contributed by atoms with van der Waals surface area (Å²) in [6.07, 6.45) is -2.76. The molecule has 1 heterocycles. The first kappa shape index (κ1) is 13.9. The number of aliphatic hydroxyl groups excluding tert-OH is 3. The molecule has 0 amide bonds. The van der Waals surface area contributed by atoms with Gasteiger partial charge in [-0.2, -0.15) is 0 Å². The van der Waals surface area contributed by atoms with Gasteiger partial charge < -0.3 is 20.4 Å². The number of pyridine rings is 1. The quantitative estimate of drug-likeness (QED) is 0.564. The summed E-state index contributed by atoms with van der Waals surface area (Å²) < 4.78 is 0. The van der Waals surface area contributed by atoms with E-state index < -0.39 is 23.9 Å². The van der Waals surface area contributed by atoms with Crippen LogP contribution in [0.5, 0.6) is 0 Å². The van der Waals surface area contributed by atoms with Crippen molar-refractivity contribution in [3.8, 4) is 0 Å². The number of hydrogen-bond donors (Lipinski definition) is 4. The molecule has 0 fully saturated rings. The van der Waals surface area contributed by atoms with Crippen molar-refractivity contribution in [3.63, 3.8) is 0 Å². The lowest BCUT2D eigenvalue weighted by atomic mass is 10.0. The molecule has 2 atom stereocenters. The number of aliphatic hydroxyl groups is 3. The van der Waals surface area contributed by atoms with E-state index in [0.29, 0.717) is 0 Å². The molecular weight excluding hydrogens is 250 g/mol. The monoisotopic (exact) mass is 261 g/mol. The van der Waals surface area contributed by atoms with E-state index >= 15 is 0 Å². The number of carboxylic acid groups (broad SMARTS) is 1. The number of carbonyl (C=O) groups is 1. The van der Waals surface area contributed by atoms with E-state index in [1.807, 2.05) is 0 Å². The Balaban J connectivity index is 3.08. The van der Waals surface area contributed by atoms with E-state index in [2.05, 4.69) is 4.98 Å². The van der Waals surface area contributed by atoms with Crippen LogP contribution in [0.1, 0.15) is 28.6 Å². The number of rotatable bonds is 5. The summed E-state index contributed by atoms with van der Waals surface area (Å²) >= 11 is 5.55. The van der Waals surface area contributed by atoms with E-state index in [4.69, 9.17) is 21.8 Å². The Bertz CT molecular complexity index is 412. The van der Waals surface area contributed by atoms with Gasteiger partial charge in [-0.15, -0.1) is 0 Å². The number of nitrogens with zero attached hydrogens (tertiary/aromatic N) is 1. The van der Waals surface area contributed by atoms with Crippen molar-refractivity contribution < 1.29 is 25.2 Å². The molecule has 6 nitrogen and oxygen atoms in total. The number of aromatic nitrogens is 1. The molecule has 94 valence electrons. The Kier molecular flexibility index (Phi) is 4.83. The largest absolute Gasteiger partial charge is 0.476 e. The Morgan fingerprint density at radius 3 is 2.59 bits per heavy atom. The maximum absolute atomic E-state index is 10.9. The second-order valence-corrected chi connectivity index (χ2v) is 3.79. The number of carboxylic acids is 1. The van der Waals surface area contributed by atoms with E-state index in [1.54, 1.807) is 0 Å². The molecule has 2 unspecified atom stereocenters. The van der Waals surface area contributed by atoms with Crippen LogP contribution in [0.25, 0.3) is 0 Å². The predicted octanol–water partition coefficient (Wildman–Crippen LogP) is 0.210. The summed E-state index contributed by atoms with van der Waals surface area (Å²) in [5.41, 5.74) is -0.454. The summed E-state index contributed by atoms with van der Waals surface area (Å²) in [5.74, 6) is -1.35. The molecule has 1 rings (SSSR count). The van der Waals surface area contributed by atoms with Gasteiger partial charge in [-0.1, -0.05) is 17.7 Å². The second kappa shape index (κ2) is 5.92. The third-order valence-corrected chi connectivity index (χ3v) is 2.41. The van der Waals surface area contributed by atoms with Gasteiger partial charge in [-0.25, -0.2) is 9.78 Å². The maximum atomic E-state index is 10.9. The van der Waals surface area contributed by atoms with Crippen LogP contribution in [0.4, 0.5) is 0 Å². The number of halogens is 1. The van der Waals surface area contributed by atoms with Gasteiger partial charge in [0.1, 0.15) is 11.3 Å². The Labute approximate surface area is 102 Å². The maximum Gasteiger partial charge on any atom is 0.354 e. The minimum absolute atomic E-state index is 0.0185. The molecule has 7 heteroatoms. The number of hydrogen-bond acceptors (Lipinski definition) is 5. The first-order valence-corrected chi connectivity index (χ1v) is 5.22. The van der Waals surface area contributed by atoms with Crippen molar-refractivity contribution in [1.82, 2.24) is 4.98 Å². The van der Waals surface area contributed by atoms with Crippen molar-refractivity contribution in [3.05, 3.63) is 28.5 Å². The lowest BCUT2D eigenvalue weighted by Crippen LogP contribution is -2.22. The lowest BCUT2D eigenvalue weighted by molar-refractivity contribution is 0.00326. The summed E-state index contributed by atoms with van der Waals surface area (Å²) in [7, 11) is 0. The van der Waals surface area contributed by atoms with Crippen molar-refractivity contribution >= 4 is 17.6 Å². The van der Waals surface area contributed by atoms with Gasteiger partial charge in [-0.05, 0) is 12.5 Å². The molecular formula is C10H12ClNO5. The van der Waals surface area contributed by atoms with Crippen molar-refractivity contribution in [2.75, 3.05) is 6.61 Å². The van der Waals surface area contributed by atoms with Gasteiger partial charge >= 0.3 is 5.97 Å². The molecule has 0 spiro atoms. The Morgan fingerprint density at radius 1 is 1.41 bits per heavy atom. The van der Waals surface area contributed by atoms with Gasteiger partial charge in [0.2, 0.25) is 0 Å². The van der Waals surface area contributed by atoms with Crippen LogP contribution < -0.4 is 0 Å². The van der Waals surface area contributed by atoms with Crippen LogP contribution in [0.2, 0.25) is 5.15 Å². The minimum atomic E-state index is -1.43. The average Bonchev–Trinajstić information content (AvgIpc) is 2.28. The zero-order valence-electron chi connectivity index (χ0n) is 8.75. The average molecular weight is 262 g/mol. The van der Waals surface area contributed by atoms with Crippen LogP contribution in [-0.4, -0.2) is 44.1 Å². The SMILES string of the molecule is O=C(O)c1nc(Cl)ccc1C(O)C(O)CCO. The third-order valence-electron chi connectivity index (χ3n) is 2.20. The summed E-state index contributed by atoms with van der Waals surface area (Å²) in [6.45, 7) is -0.318. The highest BCUT2D eigenvalue weighted by Crippen LogP contribution is 2.23. The number of aromatic carboxylic acids is 1. The molecule has 0 aliphatic heterocycles. The van der Waals surface area contributed by atoms with Gasteiger partial charge in [-0.3, -0.25) is 0 Å². The smallest absolute Gasteiger partial charge is 0.354 e. The third kappa shape index (κ3) is 3.37. The van der Waals surface area contributed by atoms with E-state index in [0.717, 1.165) is 0 Å². The molecule has 0 aliphatic carbocycles. The molecule has 1 aromatic rings. The van der Waals surface area contributed by atoms with Crippen LogP contribution in [0, 0.1) is 0 Å². The van der Waals surface area contributed by atoms with Crippen LogP contribution in [0.15, 0.2) is 12.1 Å². The first-order chi connectivity index (χ1) is 7.97. The van der Waals surface area contributed by atoms with Gasteiger partial charge in [0, 0.05) is 12.2 Å². The van der Waals surface area contributed by atoms with Crippen LogP contribution in [-0.2, 0) is 0 Å². The van der Waals surface area contributed by atoms with Crippen LogP contribution in [0.3, 0.4) is 0 Å². The zero-order chi connectivity index (χ0) is 13.0. The zero-order valence-corrected chi connectivity index (χ0v) is 9.50. The molecule has 0 saturated carbocycles. The summed E-state index contributed by atoms with van der Waals surface area (Å²) in [4.78, 5) is 14.5. The summed E-state index contributed by atoms with van der Waals surface area (Å²) in [6, 6.07) is 2.60. The highest BCUT2D eigenvalue weighted by Gasteiger charge is 2.24. The molecule has 17 heavy (non-hydrogen) atoms. The van der Waals surface area contributed by atoms with Gasteiger partial charge in [0.15, 0.2) is 5.69 Å². The van der Waals surface area contributed by atoms with Crippen molar-refractivity contribution in [2.45, 2.75) is 18.6 Å².